The predicted molar refractivity (Wildman–Crippen MR) is 57.2 cm³/mol. The zero-order valence-corrected chi connectivity index (χ0v) is 9.14. The largest absolute Gasteiger partial charge is 0.481 e. The second-order valence-electron chi connectivity index (χ2n) is 4.54. The zero-order valence-electron chi connectivity index (χ0n) is 9.14. The fraction of sp³-hybridized carbons (Fsp3) is 0.545. The van der Waals surface area contributed by atoms with Crippen LogP contribution in [0.1, 0.15) is 25.0 Å². The standard InChI is InChI=1S/C11H14N2O3/c1-8-2-3-9(14)13(12-8)7-11(4-5-11)6-10(15)16/h2-3H,4-7H2,1H3,(H,15,16). The van der Waals surface area contributed by atoms with Crippen LogP contribution in [0, 0.1) is 12.3 Å². The smallest absolute Gasteiger partial charge is 0.303 e. The maximum Gasteiger partial charge on any atom is 0.303 e. The molecule has 1 N–H and O–H groups in total. The van der Waals surface area contributed by atoms with E-state index >= 15 is 0 Å². The van der Waals surface area contributed by atoms with Crippen molar-refractivity contribution in [3.05, 3.63) is 28.2 Å². The molecule has 0 aromatic carbocycles. The number of carboxylic acid groups (broad SMARTS) is 1. The van der Waals surface area contributed by atoms with E-state index in [0.717, 1.165) is 18.5 Å². The van der Waals surface area contributed by atoms with E-state index in [0.29, 0.717) is 6.54 Å². The lowest BCUT2D eigenvalue weighted by Gasteiger charge is -2.13. The minimum Gasteiger partial charge on any atom is -0.481 e. The Morgan fingerprint density at radius 3 is 2.81 bits per heavy atom. The SMILES string of the molecule is Cc1ccc(=O)n(CC2(CC(=O)O)CC2)n1. The molecular weight excluding hydrogens is 208 g/mol. The molecule has 1 saturated carbocycles. The average Bonchev–Trinajstić information content (AvgIpc) is 2.90. The lowest BCUT2D eigenvalue weighted by Crippen LogP contribution is -2.28. The summed E-state index contributed by atoms with van der Waals surface area (Å²) in [6, 6.07) is 3.13. The Kier molecular flexibility index (Phi) is 2.53. The van der Waals surface area contributed by atoms with Crippen LogP contribution in [-0.2, 0) is 11.3 Å². The van der Waals surface area contributed by atoms with E-state index < -0.39 is 5.97 Å². The van der Waals surface area contributed by atoms with Crippen LogP contribution in [0.5, 0.6) is 0 Å². The van der Waals surface area contributed by atoms with E-state index in [1.54, 1.807) is 6.07 Å². The van der Waals surface area contributed by atoms with Gasteiger partial charge in [0.1, 0.15) is 0 Å². The molecule has 0 saturated heterocycles. The Morgan fingerprint density at radius 2 is 2.25 bits per heavy atom. The highest BCUT2D eigenvalue weighted by Gasteiger charge is 2.45. The van der Waals surface area contributed by atoms with E-state index in [-0.39, 0.29) is 17.4 Å². The lowest BCUT2D eigenvalue weighted by molar-refractivity contribution is -0.138. The van der Waals surface area contributed by atoms with Gasteiger partial charge in [0.15, 0.2) is 0 Å². The molecule has 1 aromatic heterocycles. The molecule has 16 heavy (non-hydrogen) atoms. The summed E-state index contributed by atoms with van der Waals surface area (Å²) in [6.07, 6.45) is 1.85. The Labute approximate surface area is 92.7 Å². The number of carbonyl (C=O) groups is 1. The molecule has 0 aliphatic heterocycles. The van der Waals surface area contributed by atoms with Gasteiger partial charge in [-0.05, 0) is 25.8 Å². The summed E-state index contributed by atoms with van der Waals surface area (Å²) >= 11 is 0. The van der Waals surface area contributed by atoms with Crippen molar-refractivity contribution in [3.63, 3.8) is 0 Å². The Hall–Kier alpha value is -1.65. The summed E-state index contributed by atoms with van der Waals surface area (Å²) in [7, 11) is 0. The molecule has 5 nitrogen and oxygen atoms in total. The van der Waals surface area contributed by atoms with Crippen LogP contribution in [0.3, 0.4) is 0 Å². The van der Waals surface area contributed by atoms with E-state index in [2.05, 4.69) is 5.10 Å². The maximum absolute atomic E-state index is 11.5. The summed E-state index contributed by atoms with van der Waals surface area (Å²) in [5.74, 6) is -0.807. The number of rotatable bonds is 4. The van der Waals surface area contributed by atoms with E-state index in [1.165, 1.54) is 10.7 Å². The van der Waals surface area contributed by atoms with Crippen molar-refractivity contribution in [2.75, 3.05) is 0 Å². The molecule has 0 spiro atoms. The molecule has 1 aliphatic rings. The van der Waals surface area contributed by atoms with Crippen molar-refractivity contribution in [1.82, 2.24) is 9.78 Å². The number of carboxylic acids is 1. The van der Waals surface area contributed by atoms with E-state index in [9.17, 15) is 9.59 Å². The van der Waals surface area contributed by atoms with Crippen molar-refractivity contribution >= 4 is 5.97 Å². The first kappa shape index (κ1) is 10.9. The molecule has 0 atom stereocenters. The van der Waals surface area contributed by atoms with Crippen LogP contribution in [0.15, 0.2) is 16.9 Å². The second kappa shape index (κ2) is 3.73. The molecule has 0 bridgehead atoms. The summed E-state index contributed by atoms with van der Waals surface area (Å²) in [6.45, 7) is 2.23. The van der Waals surface area contributed by atoms with Gasteiger partial charge in [0.2, 0.25) is 0 Å². The molecule has 0 unspecified atom stereocenters. The van der Waals surface area contributed by atoms with Gasteiger partial charge in [0.25, 0.3) is 5.56 Å². The minimum atomic E-state index is -0.807. The van der Waals surface area contributed by atoms with Crippen LogP contribution in [0.25, 0.3) is 0 Å². The Bertz CT molecular complexity index is 474. The molecule has 0 amide bonds. The third-order valence-electron chi connectivity index (χ3n) is 2.97. The maximum atomic E-state index is 11.5. The van der Waals surface area contributed by atoms with Gasteiger partial charge in [-0.25, -0.2) is 4.68 Å². The predicted octanol–water partition coefficient (Wildman–Crippen LogP) is 0.807. The van der Waals surface area contributed by atoms with Gasteiger partial charge in [-0.3, -0.25) is 9.59 Å². The zero-order chi connectivity index (χ0) is 11.8. The Balaban J connectivity index is 2.18. The first-order chi connectivity index (χ1) is 7.51. The van der Waals surface area contributed by atoms with E-state index in [1.807, 2.05) is 6.92 Å². The number of aliphatic carboxylic acids is 1. The number of nitrogens with zero attached hydrogens (tertiary/aromatic N) is 2. The van der Waals surface area contributed by atoms with Crippen LogP contribution in [0.2, 0.25) is 0 Å². The van der Waals surface area contributed by atoms with Crippen molar-refractivity contribution in [1.29, 1.82) is 0 Å². The summed E-state index contributed by atoms with van der Waals surface area (Å²) in [4.78, 5) is 22.2. The van der Waals surface area contributed by atoms with Gasteiger partial charge in [-0.2, -0.15) is 5.10 Å². The third-order valence-corrected chi connectivity index (χ3v) is 2.97. The molecular formula is C11H14N2O3. The molecule has 1 aliphatic carbocycles. The summed E-state index contributed by atoms with van der Waals surface area (Å²) in [5, 5.41) is 12.9. The third kappa shape index (κ3) is 2.29. The number of hydrogen-bond acceptors (Lipinski definition) is 3. The number of aromatic nitrogens is 2. The van der Waals surface area contributed by atoms with E-state index in [4.69, 9.17) is 5.11 Å². The first-order valence-corrected chi connectivity index (χ1v) is 5.27. The topological polar surface area (TPSA) is 72.2 Å². The highest BCUT2D eigenvalue weighted by atomic mass is 16.4. The van der Waals surface area contributed by atoms with Crippen molar-refractivity contribution < 1.29 is 9.90 Å². The molecule has 1 heterocycles. The molecule has 0 radical (unpaired) electrons. The quantitative estimate of drug-likeness (QED) is 0.818. The lowest BCUT2D eigenvalue weighted by atomic mass is 10.0. The number of aryl methyl sites for hydroxylation is 1. The highest BCUT2D eigenvalue weighted by Crippen LogP contribution is 2.49. The van der Waals surface area contributed by atoms with Gasteiger partial charge in [0, 0.05) is 11.5 Å². The molecule has 86 valence electrons. The normalized spacial score (nSPS) is 17.1. The van der Waals surface area contributed by atoms with Crippen LogP contribution in [-0.4, -0.2) is 20.9 Å². The van der Waals surface area contributed by atoms with Gasteiger partial charge >= 0.3 is 5.97 Å². The van der Waals surface area contributed by atoms with Crippen LogP contribution >= 0.6 is 0 Å². The molecule has 1 fully saturated rings. The highest BCUT2D eigenvalue weighted by molar-refractivity contribution is 5.68. The van der Waals surface area contributed by atoms with Gasteiger partial charge < -0.3 is 5.11 Å². The van der Waals surface area contributed by atoms with Gasteiger partial charge in [-0.1, -0.05) is 0 Å². The molecule has 1 aromatic rings. The van der Waals surface area contributed by atoms with Crippen molar-refractivity contribution in [2.45, 2.75) is 32.7 Å². The molecule has 2 rings (SSSR count). The van der Waals surface area contributed by atoms with Crippen LogP contribution in [0.4, 0.5) is 0 Å². The summed E-state index contributed by atoms with van der Waals surface area (Å²) in [5.41, 5.74) is 0.365. The van der Waals surface area contributed by atoms with Crippen molar-refractivity contribution in [2.24, 2.45) is 5.41 Å². The first-order valence-electron chi connectivity index (χ1n) is 5.27. The average molecular weight is 222 g/mol. The molecule has 5 heteroatoms. The summed E-state index contributed by atoms with van der Waals surface area (Å²) < 4.78 is 1.38. The fourth-order valence-electron chi connectivity index (χ4n) is 1.87. The monoisotopic (exact) mass is 222 g/mol. The van der Waals surface area contributed by atoms with Crippen molar-refractivity contribution in [3.8, 4) is 0 Å². The van der Waals surface area contributed by atoms with Gasteiger partial charge in [-0.15, -0.1) is 0 Å². The van der Waals surface area contributed by atoms with Gasteiger partial charge in [0.05, 0.1) is 18.7 Å². The minimum absolute atomic E-state index is 0.120. The fourth-order valence-corrected chi connectivity index (χ4v) is 1.87. The Morgan fingerprint density at radius 1 is 1.56 bits per heavy atom. The second-order valence-corrected chi connectivity index (χ2v) is 4.54. The van der Waals surface area contributed by atoms with Crippen LogP contribution < -0.4 is 5.56 Å². The number of hydrogen-bond donors (Lipinski definition) is 1.